The molecule has 0 bridgehead atoms. The van der Waals surface area contributed by atoms with E-state index >= 15 is 4.39 Å². The van der Waals surface area contributed by atoms with Gasteiger partial charge in [-0.25, -0.2) is 14.0 Å². The molecule has 15 nitrogen and oxygen atoms in total. The number of fused-ring (bicyclic) bond motifs is 5. The molecule has 3 unspecified atom stereocenters. The lowest BCUT2D eigenvalue weighted by Crippen LogP contribution is -2.57. The number of rotatable bonds is 12. The zero-order valence-electron chi connectivity index (χ0n) is 40.6. The maximum atomic E-state index is 17.0. The van der Waals surface area contributed by atoms with Gasteiger partial charge in [-0.05, 0) is 134 Å². The summed E-state index contributed by atoms with van der Waals surface area (Å²) in [5.41, 5.74) is 7.29. The summed E-state index contributed by atoms with van der Waals surface area (Å²) in [7, 11) is 2.58. The molecule has 8 heterocycles. The number of amides is 4. The predicted octanol–water partition coefficient (Wildman–Crippen LogP) is 9.35. The molecule has 17 heteroatoms. The lowest BCUT2D eigenvalue weighted by molar-refractivity contribution is -0.138. The fourth-order valence-corrected chi connectivity index (χ4v) is 12.6. The van der Waals surface area contributed by atoms with Gasteiger partial charge in [0.15, 0.2) is 0 Å². The first-order chi connectivity index (χ1) is 34.5. The second-order valence-corrected chi connectivity index (χ2v) is 21.3. The van der Waals surface area contributed by atoms with E-state index in [2.05, 4.69) is 51.6 Å². The molecule has 4 fully saturated rings. The van der Waals surface area contributed by atoms with E-state index in [0.717, 1.165) is 88.1 Å². The monoisotopic (exact) mass is 985 g/mol. The Labute approximate surface area is 416 Å². The normalized spacial score (nSPS) is 23.6. The zero-order chi connectivity index (χ0) is 49.1. The fraction of sp³-hybridized carbons (Fsp3) is 0.481. The van der Waals surface area contributed by atoms with Gasteiger partial charge in [0.25, 0.3) is 0 Å². The molecule has 0 spiro atoms. The molecule has 4 aromatic rings. The van der Waals surface area contributed by atoms with Gasteiger partial charge in [-0.1, -0.05) is 19.9 Å². The molecule has 2 aromatic heterocycles. The van der Waals surface area contributed by atoms with Crippen LogP contribution in [0.25, 0.3) is 33.3 Å². The highest BCUT2D eigenvalue weighted by Gasteiger charge is 2.43. The van der Waals surface area contributed by atoms with Gasteiger partial charge in [-0.2, -0.15) is 0 Å². The number of carbonyl (C=O) groups is 4. The number of likely N-dealkylation sites (tertiary alicyclic amines) is 2. The molecule has 4 amide bonds. The van der Waals surface area contributed by atoms with Crippen LogP contribution in [0.5, 0.6) is 5.75 Å². The molecule has 6 atom stereocenters. The zero-order valence-corrected chi connectivity index (χ0v) is 41.4. The van der Waals surface area contributed by atoms with E-state index in [4.69, 9.17) is 28.9 Å². The number of aliphatic imine (C=N–C) groups is 2. The Morgan fingerprint density at radius 1 is 0.761 bits per heavy atom. The third kappa shape index (κ3) is 8.93. The smallest absolute Gasteiger partial charge is 0.407 e. The number of hydrogen-bond donors (Lipinski definition) is 2. The number of halogens is 1. The minimum atomic E-state index is -0.846. The number of benzene rings is 2. The van der Waals surface area contributed by atoms with Crippen LogP contribution in [0.15, 0.2) is 70.9 Å². The average Bonchev–Trinajstić information content (AvgIpc) is 4.11. The van der Waals surface area contributed by atoms with E-state index < -0.39 is 42.4 Å². The maximum absolute atomic E-state index is 17.0. The summed E-state index contributed by atoms with van der Waals surface area (Å²) in [6.45, 7) is 5.45. The van der Waals surface area contributed by atoms with E-state index in [1.807, 2.05) is 35.9 Å². The number of methoxy groups -OCH3 is 2. The molecule has 71 heavy (non-hydrogen) atoms. The second-order valence-electron chi connectivity index (χ2n) is 20.1. The van der Waals surface area contributed by atoms with Crippen molar-refractivity contribution in [3.63, 3.8) is 0 Å². The summed E-state index contributed by atoms with van der Waals surface area (Å²) >= 11 is 1.75. The van der Waals surface area contributed by atoms with Gasteiger partial charge < -0.3 is 39.4 Å². The SMILES string of the molecule is COC(=O)NC(C(=O)N1CCC[C@H]1C1=NC=C(c2ccc3c(c2)cc2n3C(c3ccc(C4CC4)s3)Oc3cc(C4=CN=C([C@@H]5CCCN5C(=O)[C@@H](NC(=O)OC)C(C)C)C4)cc(F)c3-2)C1)C1CCCCO1. The van der Waals surface area contributed by atoms with Crippen molar-refractivity contribution in [2.75, 3.05) is 33.9 Å². The largest absolute Gasteiger partial charge is 0.464 e. The second kappa shape index (κ2) is 19.4. The average molecular weight is 986 g/mol. The van der Waals surface area contributed by atoms with Crippen LogP contribution in [-0.4, -0.2) is 114 Å². The molecule has 1 aliphatic carbocycles. The number of aromatic nitrogens is 1. The summed E-state index contributed by atoms with van der Waals surface area (Å²) in [6, 6.07) is 14.2. The van der Waals surface area contributed by atoms with E-state index in [1.54, 1.807) is 23.6 Å². The maximum Gasteiger partial charge on any atom is 0.407 e. The van der Waals surface area contributed by atoms with Crippen LogP contribution in [-0.2, 0) is 23.8 Å². The fourth-order valence-electron chi connectivity index (χ4n) is 11.4. The van der Waals surface area contributed by atoms with Crippen molar-refractivity contribution in [1.29, 1.82) is 0 Å². The number of carbonyl (C=O) groups excluding carboxylic acids is 4. The number of nitrogens with zero attached hydrogens (tertiary/aromatic N) is 5. The van der Waals surface area contributed by atoms with E-state index in [0.29, 0.717) is 61.8 Å². The van der Waals surface area contributed by atoms with Gasteiger partial charge in [0, 0.05) is 66.6 Å². The summed E-state index contributed by atoms with van der Waals surface area (Å²) in [6.07, 6.45) is 10.4. The van der Waals surface area contributed by atoms with Gasteiger partial charge in [0.05, 0.1) is 54.1 Å². The van der Waals surface area contributed by atoms with Crippen molar-refractivity contribution < 1.29 is 42.5 Å². The standard InChI is InChI=1S/C54H60FN7O8S/c1-29(2)48(58-53(65)67-3)50(63)60-18-7-9-40(60)38-24-35(28-57-38)32-22-36(55)47-42-25-33-21-31(14-15-39(33)62(42)52(70-44(47)26-32)46-17-16-45(71-46)30-12-13-30)34-23-37(56-27-34)41-10-8-19-61(41)51(64)49(59-54(66)68-4)43-11-5-6-20-69-43/h14-17,21-22,25-30,40-41,43,48-49,52H,5-13,18-20,23-24H2,1-4H3,(H,58,65)(H,59,66)/t40-,41-,43?,48-,49?,52?/m0/s1. The topological polar surface area (TPSA) is 165 Å². The van der Waals surface area contributed by atoms with Gasteiger partial charge in [-0.3, -0.25) is 24.1 Å². The molecular formula is C54H60FN7O8S. The molecule has 11 rings (SSSR count). The summed E-state index contributed by atoms with van der Waals surface area (Å²) in [4.78, 5) is 68.5. The van der Waals surface area contributed by atoms with Crippen molar-refractivity contribution >= 4 is 68.8 Å². The predicted molar refractivity (Wildman–Crippen MR) is 269 cm³/mol. The highest BCUT2D eigenvalue weighted by Crippen LogP contribution is 2.50. The Kier molecular flexibility index (Phi) is 12.8. The van der Waals surface area contributed by atoms with Gasteiger partial charge in [0.1, 0.15) is 23.7 Å². The Bertz CT molecular complexity index is 2930. The van der Waals surface area contributed by atoms with Crippen LogP contribution in [0.2, 0.25) is 0 Å². The van der Waals surface area contributed by atoms with Gasteiger partial charge in [-0.15, -0.1) is 11.3 Å². The van der Waals surface area contributed by atoms with Crippen LogP contribution in [0.3, 0.4) is 0 Å². The third-order valence-electron chi connectivity index (χ3n) is 15.3. The molecule has 372 valence electrons. The molecule has 3 saturated heterocycles. The molecule has 2 N–H and O–H groups in total. The van der Waals surface area contributed by atoms with Crippen molar-refractivity contribution in [2.45, 2.75) is 127 Å². The lowest BCUT2D eigenvalue weighted by Gasteiger charge is -2.34. The molecule has 2 aromatic carbocycles. The highest BCUT2D eigenvalue weighted by atomic mass is 32.1. The first kappa shape index (κ1) is 47.0. The van der Waals surface area contributed by atoms with Gasteiger partial charge in [0.2, 0.25) is 18.0 Å². The van der Waals surface area contributed by atoms with Crippen LogP contribution in [0, 0.1) is 11.7 Å². The Balaban J connectivity index is 0.850. The summed E-state index contributed by atoms with van der Waals surface area (Å²) < 4.78 is 41.8. The molecule has 6 aliphatic heterocycles. The first-order valence-electron chi connectivity index (χ1n) is 25.2. The van der Waals surface area contributed by atoms with E-state index in [-0.39, 0.29) is 29.8 Å². The minimum absolute atomic E-state index is 0.151. The number of hydrogen-bond acceptors (Lipinski definition) is 11. The van der Waals surface area contributed by atoms with Crippen LogP contribution >= 0.6 is 11.3 Å². The highest BCUT2D eigenvalue weighted by molar-refractivity contribution is 7.12. The molecule has 1 saturated carbocycles. The Morgan fingerprint density at radius 3 is 2.10 bits per heavy atom. The van der Waals surface area contributed by atoms with E-state index in [9.17, 15) is 19.2 Å². The lowest BCUT2D eigenvalue weighted by atomic mass is 9.95. The van der Waals surface area contributed by atoms with Crippen LogP contribution in [0.4, 0.5) is 14.0 Å². The molecular weight excluding hydrogens is 926 g/mol. The number of thiophene rings is 1. The number of alkyl carbamates (subject to hydrolysis) is 2. The summed E-state index contributed by atoms with van der Waals surface area (Å²) in [5, 5.41) is 6.43. The number of ether oxygens (including phenoxy) is 4. The van der Waals surface area contributed by atoms with Crippen LogP contribution in [0.1, 0.15) is 118 Å². The van der Waals surface area contributed by atoms with Crippen molar-refractivity contribution in [3.8, 4) is 17.0 Å². The number of allylic oxidation sites excluding steroid dienone is 2. The van der Waals surface area contributed by atoms with Gasteiger partial charge >= 0.3 is 12.2 Å². The van der Waals surface area contributed by atoms with Crippen LogP contribution < -0.4 is 15.4 Å². The van der Waals surface area contributed by atoms with Crippen molar-refractivity contribution in [2.24, 2.45) is 15.9 Å². The first-order valence-corrected chi connectivity index (χ1v) is 26.0. The van der Waals surface area contributed by atoms with E-state index in [1.165, 1.54) is 31.9 Å². The Hall–Kier alpha value is -6.33. The Morgan fingerprint density at radius 2 is 1.44 bits per heavy atom. The minimum Gasteiger partial charge on any atom is -0.464 e. The molecule has 7 aliphatic rings. The molecule has 0 radical (unpaired) electrons. The summed E-state index contributed by atoms with van der Waals surface area (Å²) in [5.74, 6) is 0.115. The van der Waals surface area contributed by atoms with Crippen molar-refractivity contribution in [1.82, 2.24) is 25.0 Å². The van der Waals surface area contributed by atoms with Crippen molar-refractivity contribution in [3.05, 3.63) is 87.6 Å². The number of nitrogens with one attached hydrogen (secondary N) is 2. The third-order valence-corrected chi connectivity index (χ3v) is 16.6. The quantitative estimate of drug-likeness (QED) is 0.142.